The molecule has 0 aliphatic rings. The number of alkyl carbamates (subject to hydrolysis) is 1. The first kappa shape index (κ1) is 13.5. The molecule has 3 N–H and O–H groups in total. The molecule has 4 heteroatoms. The molecule has 0 radical (unpaired) electrons. The lowest BCUT2D eigenvalue weighted by Crippen LogP contribution is -2.34. The molecule has 1 rings (SSSR count). The summed E-state index contributed by atoms with van der Waals surface area (Å²) in [4.78, 5) is 11.4. The summed E-state index contributed by atoms with van der Waals surface area (Å²) >= 11 is 0. The van der Waals surface area contributed by atoms with Crippen LogP contribution in [0.5, 0.6) is 0 Å². The van der Waals surface area contributed by atoms with Crippen LogP contribution in [0.15, 0.2) is 18.2 Å². The van der Waals surface area contributed by atoms with Gasteiger partial charge in [-0.3, -0.25) is 0 Å². The van der Waals surface area contributed by atoms with Gasteiger partial charge in [0.1, 0.15) is 0 Å². The van der Waals surface area contributed by atoms with Crippen LogP contribution in [0.2, 0.25) is 0 Å². The minimum Gasteiger partial charge on any atom is -0.450 e. The van der Waals surface area contributed by atoms with E-state index in [4.69, 9.17) is 10.5 Å². The highest BCUT2D eigenvalue weighted by molar-refractivity contribution is 5.68. The van der Waals surface area contributed by atoms with Crippen LogP contribution in [0.3, 0.4) is 0 Å². The molecule has 1 unspecified atom stereocenters. The maximum absolute atomic E-state index is 11.4. The zero-order valence-electron chi connectivity index (χ0n) is 10.6. The highest BCUT2D eigenvalue weighted by Gasteiger charge is 2.15. The molecule has 0 bridgehead atoms. The Bertz CT molecular complexity index is 391. The maximum atomic E-state index is 11.4. The van der Waals surface area contributed by atoms with Crippen LogP contribution >= 0.6 is 0 Å². The van der Waals surface area contributed by atoms with Gasteiger partial charge in [0, 0.05) is 6.54 Å². The SMILES string of the molecule is CCOC(=O)NC(CN)c1cccc(C)c1C. The van der Waals surface area contributed by atoms with Crippen LogP contribution in [0, 0.1) is 13.8 Å². The number of nitrogens with one attached hydrogen (secondary N) is 1. The summed E-state index contributed by atoms with van der Waals surface area (Å²) in [6.45, 7) is 6.55. The number of ether oxygens (including phenoxy) is 1. The summed E-state index contributed by atoms with van der Waals surface area (Å²) < 4.78 is 4.86. The van der Waals surface area contributed by atoms with Crippen LogP contribution in [0.25, 0.3) is 0 Å². The van der Waals surface area contributed by atoms with Crippen LogP contribution in [-0.4, -0.2) is 19.2 Å². The van der Waals surface area contributed by atoms with Gasteiger partial charge in [0.15, 0.2) is 0 Å². The van der Waals surface area contributed by atoms with Gasteiger partial charge in [-0.05, 0) is 37.5 Å². The molecule has 0 aliphatic heterocycles. The molecule has 0 saturated carbocycles. The Kier molecular flexibility index (Phi) is 4.97. The van der Waals surface area contributed by atoms with E-state index in [9.17, 15) is 4.79 Å². The van der Waals surface area contributed by atoms with Gasteiger partial charge in [0.2, 0.25) is 0 Å². The van der Waals surface area contributed by atoms with Crippen LogP contribution in [0.4, 0.5) is 4.79 Å². The minimum absolute atomic E-state index is 0.200. The quantitative estimate of drug-likeness (QED) is 0.841. The van der Waals surface area contributed by atoms with Gasteiger partial charge in [-0.2, -0.15) is 0 Å². The maximum Gasteiger partial charge on any atom is 0.407 e. The lowest BCUT2D eigenvalue weighted by Gasteiger charge is -2.19. The minimum atomic E-state index is -0.427. The average Bonchev–Trinajstić information content (AvgIpc) is 2.30. The van der Waals surface area contributed by atoms with Gasteiger partial charge in [-0.25, -0.2) is 4.79 Å². The number of rotatable bonds is 4. The number of hydrogen-bond acceptors (Lipinski definition) is 3. The number of carbonyl (C=O) groups excluding carboxylic acids is 1. The normalized spacial score (nSPS) is 12.0. The van der Waals surface area contributed by atoms with Crippen molar-refractivity contribution in [3.05, 3.63) is 34.9 Å². The summed E-state index contributed by atoms with van der Waals surface area (Å²) in [5, 5.41) is 2.77. The van der Waals surface area contributed by atoms with E-state index in [1.54, 1.807) is 6.92 Å². The van der Waals surface area contributed by atoms with Crippen molar-refractivity contribution in [3.63, 3.8) is 0 Å². The summed E-state index contributed by atoms with van der Waals surface area (Å²) in [5.41, 5.74) is 9.08. The Morgan fingerprint density at radius 3 is 2.76 bits per heavy atom. The average molecular weight is 236 g/mol. The van der Waals surface area contributed by atoms with Crippen molar-refractivity contribution < 1.29 is 9.53 Å². The summed E-state index contributed by atoms with van der Waals surface area (Å²) in [6, 6.07) is 5.78. The van der Waals surface area contributed by atoms with Gasteiger partial charge in [-0.15, -0.1) is 0 Å². The Labute approximate surface area is 102 Å². The number of amides is 1. The van der Waals surface area contributed by atoms with Gasteiger partial charge in [-0.1, -0.05) is 18.2 Å². The van der Waals surface area contributed by atoms with Crippen molar-refractivity contribution in [1.29, 1.82) is 0 Å². The zero-order chi connectivity index (χ0) is 12.8. The van der Waals surface area contributed by atoms with E-state index in [1.165, 1.54) is 5.56 Å². The van der Waals surface area contributed by atoms with E-state index in [0.29, 0.717) is 13.2 Å². The first-order valence-electron chi connectivity index (χ1n) is 5.79. The van der Waals surface area contributed by atoms with Crippen molar-refractivity contribution in [2.24, 2.45) is 5.73 Å². The van der Waals surface area contributed by atoms with Gasteiger partial charge < -0.3 is 15.8 Å². The second kappa shape index (κ2) is 6.25. The summed E-state index contributed by atoms with van der Waals surface area (Å²) in [5.74, 6) is 0. The summed E-state index contributed by atoms with van der Waals surface area (Å²) in [6.07, 6.45) is -0.427. The first-order chi connectivity index (χ1) is 8.10. The lowest BCUT2D eigenvalue weighted by molar-refractivity contribution is 0.148. The Morgan fingerprint density at radius 2 is 2.18 bits per heavy atom. The molecule has 1 atom stereocenters. The Balaban J connectivity index is 2.86. The molecule has 0 fully saturated rings. The van der Waals surface area contributed by atoms with Crippen molar-refractivity contribution in [3.8, 4) is 0 Å². The Hall–Kier alpha value is -1.55. The van der Waals surface area contributed by atoms with E-state index in [1.807, 2.05) is 32.0 Å². The topological polar surface area (TPSA) is 64.3 Å². The van der Waals surface area contributed by atoms with E-state index in [-0.39, 0.29) is 6.04 Å². The zero-order valence-corrected chi connectivity index (χ0v) is 10.6. The molecule has 0 saturated heterocycles. The molecule has 0 aliphatic carbocycles. The van der Waals surface area contributed by atoms with Crippen molar-refractivity contribution in [1.82, 2.24) is 5.32 Å². The molecule has 0 aromatic heterocycles. The van der Waals surface area contributed by atoms with E-state index >= 15 is 0 Å². The molecular weight excluding hydrogens is 216 g/mol. The van der Waals surface area contributed by atoms with Gasteiger partial charge in [0.25, 0.3) is 0 Å². The molecule has 0 heterocycles. The standard InChI is InChI=1S/C13H20N2O2/c1-4-17-13(16)15-12(8-14)11-7-5-6-9(2)10(11)3/h5-7,12H,4,8,14H2,1-3H3,(H,15,16). The number of carbonyl (C=O) groups is 1. The molecule has 1 aromatic carbocycles. The third-order valence-electron chi connectivity index (χ3n) is 2.83. The Morgan fingerprint density at radius 1 is 1.47 bits per heavy atom. The molecular formula is C13H20N2O2. The van der Waals surface area contributed by atoms with Crippen LogP contribution < -0.4 is 11.1 Å². The predicted molar refractivity (Wildman–Crippen MR) is 67.9 cm³/mol. The van der Waals surface area contributed by atoms with Crippen LogP contribution in [-0.2, 0) is 4.74 Å². The first-order valence-corrected chi connectivity index (χ1v) is 5.79. The number of nitrogens with two attached hydrogens (primary N) is 1. The molecule has 94 valence electrons. The van der Waals surface area contributed by atoms with Crippen molar-refractivity contribution in [2.45, 2.75) is 26.8 Å². The monoisotopic (exact) mass is 236 g/mol. The number of hydrogen-bond donors (Lipinski definition) is 2. The third kappa shape index (κ3) is 3.46. The fourth-order valence-electron chi connectivity index (χ4n) is 1.73. The smallest absolute Gasteiger partial charge is 0.407 e. The van der Waals surface area contributed by atoms with Gasteiger partial charge in [0.05, 0.1) is 12.6 Å². The highest BCUT2D eigenvalue weighted by atomic mass is 16.5. The second-order valence-electron chi connectivity index (χ2n) is 3.94. The number of aryl methyl sites for hydroxylation is 1. The van der Waals surface area contributed by atoms with Gasteiger partial charge >= 0.3 is 6.09 Å². The number of benzene rings is 1. The fraction of sp³-hybridized carbons (Fsp3) is 0.462. The second-order valence-corrected chi connectivity index (χ2v) is 3.94. The van der Waals surface area contributed by atoms with E-state index < -0.39 is 6.09 Å². The fourth-order valence-corrected chi connectivity index (χ4v) is 1.73. The highest BCUT2D eigenvalue weighted by Crippen LogP contribution is 2.19. The largest absolute Gasteiger partial charge is 0.450 e. The van der Waals surface area contributed by atoms with E-state index in [2.05, 4.69) is 5.32 Å². The van der Waals surface area contributed by atoms with E-state index in [0.717, 1.165) is 11.1 Å². The summed E-state index contributed by atoms with van der Waals surface area (Å²) in [7, 11) is 0. The van der Waals surface area contributed by atoms with Crippen molar-refractivity contribution >= 4 is 6.09 Å². The molecule has 1 amide bonds. The molecule has 4 nitrogen and oxygen atoms in total. The molecule has 1 aromatic rings. The molecule has 0 spiro atoms. The van der Waals surface area contributed by atoms with Crippen LogP contribution in [0.1, 0.15) is 29.7 Å². The van der Waals surface area contributed by atoms with Crippen molar-refractivity contribution in [2.75, 3.05) is 13.2 Å². The predicted octanol–water partition coefficient (Wildman–Crippen LogP) is 2.05. The lowest BCUT2D eigenvalue weighted by atomic mass is 9.97. The molecule has 17 heavy (non-hydrogen) atoms. The third-order valence-corrected chi connectivity index (χ3v) is 2.83.